The van der Waals surface area contributed by atoms with Crippen LogP contribution in [0.1, 0.15) is 37.1 Å². The number of hydrogen-bond donors (Lipinski definition) is 0. The molecule has 3 nitrogen and oxygen atoms in total. The summed E-state index contributed by atoms with van der Waals surface area (Å²) in [7, 11) is 3.63. The third kappa shape index (κ3) is 2.89. The summed E-state index contributed by atoms with van der Waals surface area (Å²) in [5.74, 6) is 0.693. The molecule has 2 aromatic rings. The van der Waals surface area contributed by atoms with Crippen LogP contribution in [0.3, 0.4) is 0 Å². The fourth-order valence-corrected chi connectivity index (χ4v) is 3.97. The molecule has 1 heterocycles. The molecule has 0 saturated carbocycles. The van der Waals surface area contributed by atoms with Crippen LogP contribution in [-0.2, 0) is 14.1 Å². The lowest BCUT2D eigenvalue weighted by atomic mass is 10.0. The largest absolute Gasteiger partial charge is 0.328 e. The molecule has 0 spiro atoms. The monoisotopic (exact) mass is 402 g/mol. The minimum absolute atomic E-state index is 0.0114. The van der Waals surface area contributed by atoms with Gasteiger partial charge in [0.15, 0.2) is 0 Å². The van der Waals surface area contributed by atoms with E-state index < -0.39 is 0 Å². The maximum Gasteiger partial charge on any atom is 0.328 e. The average Bonchev–Trinajstić information content (AvgIpc) is 2.60. The lowest BCUT2D eigenvalue weighted by molar-refractivity contribution is 0.554. The van der Waals surface area contributed by atoms with E-state index in [1.807, 2.05) is 13.1 Å². The average molecular weight is 404 g/mol. The van der Waals surface area contributed by atoms with Gasteiger partial charge in [0.2, 0.25) is 0 Å². The lowest BCUT2D eigenvalue weighted by Gasteiger charge is -2.14. The van der Waals surface area contributed by atoms with Crippen LogP contribution in [0, 0.1) is 5.92 Å². The van der Waals surface area contributed by atoms with Gasteiger partial charge in [-0.2, -0.15) is 0 Å². The Morgan fingerprint density at radius 1 is 1.10 bits per heavy atom. The highest BCUT2D eigenvalue weighted by molar-refractivity contribution is 9.11. The van der Waals surface area contributed by atoms with Gasteiger partial charge in [-0.3, -0.25) is 9.13 Å². The van der Waals surface area contributed by atoms with E-state index in [2.05, 4.69) is 51.8 Å². The number of nitrogens with zero attached hydrogens (tertiary/aromatic N) is 2. The minimum atomic E-state index is 0.0114. The van der Waals surface area contributed by atoms with E-state index in [0.29, 0.717) is 10.7 Å². The summed E-state index contributed by atoms with van der Waals surface area (Å²) in [6, 6.07) is 4.15. The van der Waals surface area contributed by atoms with Gasteiger partial charge in [-0.25, -0.2) is 4.79 Å². The Labute approximate surface area is 136 Å². The summed E-state index contributed by atoms with van der Waals surface area (Å²) in [5, 5.41) is 0. The number of benzene rings is 1. The van der Waals surface area contributed by atoms with E-state index in [-0.39, 0.29) is 5.69 Å². The molecule has 0 radical (unpaired) electrons. The topological polar surface area (TPSA) is 26.9 Å². The maximum atomic E-state index is 12.0. The highest BCUT2D eigenvalue weighted by atomic mass is 79.9. The maximum absolute atomic E-state index is 12.0. The second kappa shape index (κ2) is 6.06. The number of imidazole rings is 1. The van der Waals surface area contributed by atoms with Crippen LogP contribution >= 0.6 is 31.9 Å². The predicted octanol–water partition coefficient (Wildman–Crippen LogP) is 4.51. The van der Waals surface area contributed by atoms with E-state index in [1.54, 1.807) is 16.2 Å². The van der Waals surface area contributed by atoms with Gasteiger partial charge >= 0.3 is 5.69 Å². The molecule has 0 saturated heterocycles. The van der Waals surface area contributed by atoms with Gasteiger partial charge in [0.05, 0.1) is 11.0 Å². The Morgan fingerprint density at radius 3 is 2.20 bits per heavy atom. The van der Waals surface area contributed by atoms with Crippen molar-refractivity contribution in [1.29, 1.82) is 0 Å². The van der Waals surface area contributed by atoms with Crippen molar-refractivity contribution in [2.24, 2.45) is 20.0 Å². The van der Waals surface area contributed by atoms with Crippen molar-refractivity contribution >= 4 is 42.9 Å². The first kappa shape index (κ1) is 15.8. The van der Waals surface area contributed by atoms with Gasteiger partial charge in [-0.1, -0.05) is 45.7 Å². The highest BCUT2D eigenvalue weighted by Gasteiger charge is 2.16. The third-order valence-corrected chi connectivity index (χ3v) is 5.36. The minimum Gasteiger partial charge on any atom is -0.295 e. The van der Waals surface area contributed by atoms with Gasteiger partial charge in [0, 0.05) is 23.4 Å². The van der Waals surface area contributed by atoms with E-state index in [9.17, 15) is 4.79 Å². The van der Waals surface area contributed by atoms with Gasteiger partial charge < -0.3 is 0 Å². The standard InChI is InChI=1S/C15H20Br2N2O/c1-9(2)5-6-11(16)10-7-13-14(8-12(10)17)19(4)15(20)18(13)3/h7-9,11H,5-6H2,1-4H3. The smallest absolute Gasteiger partial charge is 0.295 e. The number of halogens is 2. The summed E-state index contributed by atoms with van der Waals surface area (Å²) >= 11 is 7.42. The lowest BCUT2D eigenvalue weighted by Crippen LogP contribution is -2.19. The van der Waals surface area contributed by atoms with Gasteiger partial charge in [-0.05, 0) is 36.5 Å². The highest BCUT2D eigenvalue weighted by Crippen LogP contribution is 2.36. The van der Waals surface area contributed by atoms with Crippen LogP contribution in [0.5, 0.6) is 0 Å². The van der Waals surface area contributed by atoms with Gasteiger partial charge in [0.1, 0.15) is 0 Å². The molecule has 0 amide bonds. The van der Waals surface area contributed by atoms with Crippen molar-refractivity contribution in [3.63, 3.8) is 0 Å². The molecule has 5 heteroatoms. The first-order valence-electron chi connectivity index (χ1n) is 6.81. The zero-order chi connectivity index (χ0) is 15.0. The summed E-state index contributed by atoms with van der Waals surface area (Å²) in [5.41, 5.74) is 3.15. The first-order chi connectivity index (χ1) is 9.32. The molecule has 1 atom stereocenters. The molecule has 1 aromatic heterocycles. The van der Waals surface area contributed by atoms with E-state index in [1.165, 1.54) is 12.0 Å². The number of fused-ring (bicyclic) bond motifs is 1. The molecule has 0 aliphatic carbocycles. The van der Waals surface area contributed by atoms with Crippen LogP contribution in [0.2, 0.25) is 0 Å². The van der Waals surface area contributed by atoms with E-state index in [4.69, 9.17) is 0 Å². The summed E-state index contributed by atoms with van der Waals surface area (Å²) in [6.45, 7) is 4.47. The number of alkyl halides is 1. The molecule has 0 aliphatic rings. The molecule has 1 aromatic carbocycles. The van der Waals surface area contributed by atoms with Crippen molar-refractivity contribution in [1.82, 2.24) is 9.13 Å². The van der Waals surface area contributed by atoms with Crippen molar-refractivity contribution in [3.8, 4) is 0 Å². The molecule has 0 N–H and O–H groups in total. The Bertz CT molecular complexity index is 685. The van der Waals surface area contributed by atoms with Gasteiger partial charge in [0.25, 0.3) is 0 Å². The van der Waals surface area contributed by atoms with Crippen LogP contribution in [0.4, 0.5) is 0 Å². The van der Waals surface area contributed by atoms with Crippen molar-refractivity contribution in [2.75, 3.05) is 0 Å². The van der Waals surface area contributed by atoms with Gasteiger partial charge in [-0.15, -0.1) is 0 Å². The Balaban J connectivity index is 2.47. The molecular formula is C15H20Br2N2O. The molecule has 0 aliphatic heterocycles. The second-order valence-corrected chi connectivity index (χ2v) is 7.66. The molecule has 110 valence electrons. The van der Waals surface area contributed by atoms with Crippen LogP contribution < -0.4 is 5.69 Å². The Hall–Kier alpha value is -0.550. The summed E-state index contributed by atoms with van der Waals surface area (Å²) in [4.78, 5) is 12.3. The Morgan fingerprint density at radius 2 is 1.65 bits per heavy atom. The molecule has 1 unspecified atom stereocenters. The Kier molecular flexibility index (Phi) is 4.80. The molecule has 20 heavy (non-hydrogen) atoms. The van der Waals surface area contributed by atoms with E-state index in [0.717, 1.165) is 21.9 Å². The normalized spacial score (nSPS) is 13.3. The number of hydrogen-bond acceptors (Lipinski definition) is 1. The molecule has 2 rings (SSSR count). The summed E-state index contributed by atoms with van der Waals surface area (Å²) < 4.78 is 4.44. The quantitative estimate of drug-likeness (QED) is 0.689. The van der Waals surface area contributed by atoms with E-state index >= 15 is 0 Å². The number of aromatic nitrogens is 2. The van der Waals surface area contributed by atoms with Crippen LogP contribution in [0.15, 0.2) is 21.4 Å². The zero-order valence-electron chi connectivity index (χ0n) is 12.3. The molecule has 0 fully saturated rings. The van der Waals surface area contributed by atoms with Crippen molar-refractivity contribution in [2.45, 2.75) is 31.5 Å². The predicted molar refractivity (Wildman–Crippen MR) is 91.6 cm³/mol. The third-order valence-electron chi connectivity index (χ3n) is 3.73. The second-order valence-electron chi connectivity index (χ2n) is 5.70. The fourth-order valence-electron chi connectivity index (χ4n) is 2.41. The zero-order valence-corrected chi connectivity index (χ0v) is 15.5. The molecular weight excluding hydrogens is 384 g/mol. The SMILES string of the molecule is CC(C)CCC(Br)c1cc2c(cc1Br)n(C)c(=O)n2C. The number of aryl methyl sites for hydroxylation is 2. The van der Waals surface area contributed by atoms with Crippen LogP contribution in [-0.4, -0.2) is 9.13 Å². The van der Waals surface area contributed by atoms with Crippen molar-refractivity contribution in [3.05, 3.63) is 32.7 Å². The molecule has 0 bridgehead atoms. The number of rotatable bonds is 4. The first-order valence-corrected chi connectivity index (χ1v) is 8.52. The summed E-state index contributed by atoms with van der Waals surface area (Å²) in [6.07, 6.45) is 2.26. The fraction of sp³-hybridized carbons (Fsp3) is 0.533. The van der Waals surface area contributed by atoms with Crippen molar-refractivity contribution < 1.29 is 0 Å². The van der Waals surface area contributed by atoms with Crippen LogP contribution in [0.25, 0.3) is 11.0 Å².